The van der Waals surface area contributed by atoms with E-state index in [0.717, 1.165) is 23.8 Å². The van der Waals surface area contributed by atoms with Crippen LogP contribution in [0.5, 0.6) is 0 Å². The van der Waals surface area contributed by atoms with Crippen LogP contribution >= 0.6 is 0 Å². The number of hydrogen-bond acceptors (Lipinski definition) is 3. The van der Waals surface area contributed by atoms with Crippen LogP contribution in [0, 0.1) is 5.92 Å². The van der Waals surface area contributed by atoms with Crippen LogP contribution in [0.4, 0.5) is 0 Å². The summed E-state index contributed by atoms with van der Waals surface area (Å²) in [6.45, 7) is 0. The van der Waals surface area contributed by atoms with Crippen LogP contribution in [0.15, 0.2) is 34.9 Å². The SMILES string of the molecule is C(=Cc1noc(CC2CCCCC2)n1)c1ccccc1. The van der Waals surface area contributed by atoms with E-state index in [1.165, 1.54) is 32.1 Å². The van der Waals surface area contributed by atoms with Gasteiger partial charge >= 0.3 is 0 Å². The Balaban J connectivity index is 1.60. The molecule has 0 spiro atoms. The lowest BCUT2D eigenvalue weighted by atomic mass is 9.87. The van der Waals surface area contributed by atoms with E-state index >= 15 is 0 Å². The lowest BCUT2D eigenvalue weighted by molar-refractivity contribution is 0.304. The third kappa shape index (κ3) is 3.56. The molecule has 0 aliphatic heterocycles. The average Bonchev–Trinajstić information content (AvgIpc) is 2.95. The minimum absolute atomic E-state index is 0.666. The van der Waals surface area contributed by atoms with Gasteiger partial charge in [0, 0.05) is 6.42 Å². The van der Waals surface area contributed by atoms with Crippen LogP contribution in [0.2, 0.25) is 0 Å². The number of benzene rings is 1. The zero-order valence-electron chi connectivity index (χ0n) is 11.7. The van der Waals surface area contributed by atoms with Gasteiger partial charge in [-0.1, -0.05) is 60.8 Å². The minimum Gasteiger partial charge on any atom is -0.339 e. The van der Waals surface area contributed by atoms with E-state index in [0.29, 0.717) is 5.82 Å². The van der Waals surface area contributed by atoms with E-state index < -0.39 is 0 Å². The molecule has 1 aliphatic rings. The van der Waals surface area contributed by atoms with Crippen LogP contribution in [0.3, 0.4) is 0 Å². The van der Waals surface area contributed by atoms with E-state index in [9.17, 15) is 0 Å². The third-order valence-electron chi connectivity index (χ3n) is 3.90. The smallest absolute Gasteiger partial charge is 0.227 e. The van der Waals surface area contributed by atoms with Gasteiger partial charge in [0.2, 0.25) is 5.89 Å². The van der Waals surface area contributed by atoms with Crippen molar-refractivity contribution in [2.45, 2.75) is 38.5 Å². The maximum atomic E-state index is 5.34. The van der Waals surface area contributed by atoms with Crippen LogP contribution in [-0.2, 0) is 6.42 Å². The lowest BCUT2D eigenvalue weighted by Crippen LogP contribution is -2.09. The molecule has 3 heteroatoms. The van der Waals surface area contributed by atoms with Crippen LogP contribution in [0.1, 0.15) is 49.4 Å². The van der Waals surface area contributed by atoms with E-state index in [1.807, 2.05) is 30.4 Å². The molecule has 1 aromatic heterocycles. The quantitative estimate of drug-likeness (QED) is 0.826. The number of nitrogens with zero attached hydrogens (tertiary/aromatic N) is 2. The van der Waals surface area contributed by atoms with Crippen molar-refractivity contribution in [3.05, 3.63) is 47.6 Å². The van der Waals surface area contributed by atoms with E-state index in [4.69, 9.17) is 4.52 Å². The second-order valence-electron chi connectivity index (χ2n) is 5.50. The van der Waals surface area contributed by atoms with Crippen molar-refractivity contribution in [1.82, 2.24) is 10.1 Å². The first-order valence-corrected chi connectivity index (χ1v) is 7.46. The zero-order valence-corrected chi connectivity index (χ0v) is 11.7. The first-order chi connectivity index (χ1) is 9.90. The Bertz CT molecular complexity index is 553. The summed E-state index contributed by atoms with van der Waals surface area (Å²) in [7, 11) is 0. The molecular weight excluding hydrogens is 248 g/mol. The molecule has 3 rings (SSSR count). The molecule has 2 aromatic rings. The van der Waals surface area contributed by atoms with Crippen molar-refractivity contribution >= 4 is 12.2 Å². The molecular formula is C17H20N2O. The van der Waals surface area contributed by atoms with E-state index in [2.05, 4.69) is 22.3 Å². The Labute approximate surface area is 119 Å². The average molecular weight is 268 g/mol. The highest BCUT2D eigenvalue weighted by Crippen LogP contribution is 2.26. The van der Waals surface area contributed by atoms with Gasteiger partial charge in [-0.15, -0.1) is 0 Å². The van der Waals surface area contributed by atoms with Gasteiger partial charge in [0.15, 0.2) is 5.82 Å². The number of aromatic nitrogens is 2. The highest BCUT2D eigenvalue weighted by molar-refractivity contribution is 5.66. The molecule has 0 radical (unpaired) electrons. The van der Waals surface area contributed by atoms with Gasteiger partial charge in [0.05, 0.1) is 0 Å². The lowest BCUT2D eigenvalue weighted by Gasteiger charge is -2.19. The predicted molar refractivity (Wildman–Crippen MR) is 79.9 cm³/mol. The monoisotopic (exact) mass is 268 g/mol. The molecule has 0 N–H and O–H groups in total. The molecule has 1 aliphatic carbocycles. The largest absolute Gasteiger partial charge is 0.339 e. The maximum absolute atomic E-state index is 5.34. The van der Waals surface area contributed by atoms with Crippen molar-refractivity contribution in [2.75, 3.05) is 0 Å². The van der Waals surface area contributed by atoms with Gasteiger partial charge < -0.3 is 4.52 Å². The van der Waals surface area contributed by atoms with Crippen molar-refractivity contribution in [3.63, 3.8) is 0 Å². The highest BCUT2D eigenvalue weighted by atomic mass is 16.5. The van der Waals surface area contributed by atoms with E-state index in [1.54, 1.807) is 0 Å². The molecule has 1 fully saturated rings. The molecule has 1 saturated carbocycles. The molecule has 0 atom stereocenters. The van der Waals surface area contributed by atoms with Crippen LogP contribution in [-0.4, -0.2) is 10.1 Å². The Morgan fingerprint density at radius 2 is 1.85 bits per heavy atom. The minimum atomic E-state index is 0.666. The summed E-state index contributed by atoms with van der Waals surface area (Å²) in [6.07, 6.45) is 11.5. The van der Waals surface area contributed by atoms with Gasteiger partial charge in [0.1, 0.15) is 0 Å². The summed E-state index contributed by atoms with van der Waals surface area (Å²) < 4.78 is 5.34. The summed E-state index contributed by atoms with van der Waals surface area (Å²) in [5.41, 5.74) is 1.14. The van der Waals surface area contributed by atoms with Gasteiger partial charge in [0.25, 0.3) is 0 Å². The fourth-order valence-electron chi connectivity index (χ4n) is 2.79. The highest BCUT2D eigenvalue weighted by Gasteiger charge is 2.16. The normalized spacial score (nSPS) is 16.8. The fraction of sp³-hybridized carbons (Fsp3) is 0.412. The van der Waals surface area contributed by atoms with Crippen LogP contribution in [0.25, 0.3) is 12.2 Å². The Kier molecular flexibility index (Phi) is 4.26. The number of hydrogen-bond donors (Lipinski definition) is 0. The van der Waals surface area contributed by atoms with Gasteiger partial charge in [-0.2, -0.15) is 4.98 Å². The molecule has 20 heavy (non-hydrogen) atoms. The Hall–Kier alpha value is -1.90. The van der Waals surface area contributed by atoms with Crippen LogP contribution < -0.4 is 0 Å². The molecule has 0 saturated heterocycles. The third-order valence-corrected chi connectivity index (χ3v) is 3.90. The summed E-state index contributed by atoms with van der Waals surface area (Å²) in [5.74, 6) is 2.18. The second kappa shape index (κ2) is 6.51. The van der Waals surface area contributed by atoms with Crippen molar-refractivity contribution in [3.8, 4) is 0 Å². The van der Waals surface area contributed by atoms with E-state index in [-0.39, 0.29) is 0 Å². The number of rotatable bonds is 4. The Morgan fingerprint density at radius 1 is 1.05 bits per heavy atom. The van der Waals surface area contributed by atoms with Crippen molar-refractivity contribution in [1.29, 1.82) is 0 Å². The standard InChI is InChI=1S/C17H20N2O/c1-3-7-14(8-4-1)11-12-16-18-17(20-19-16)13-15-9-5-2-6-10-15/h1,3-4,7-8,11-12,15H,2,5-6,9-10,13H2. The van der Waals surface area contributed by atoms with Crippen molar-refractivity contribution < 1.29 is 4.52 Å². The Morgan fingerprint density at radius 3 is 2.65 bits per heavy atom. The predicted octanol–water partition coefficient (Wildman–Crippen LogP) is 4.36. The molecule has 1 heterocycles. The fourth-order valence-corrected chi connectivity index (χ4v) is 2.79. The summed E-state index contributed by atoms with van der Waals surface area (Å²) in [6, 6.07) is 10.2. The van der Waals surface area contributed by atoms with Gasteiger partial charge in [-0.05, 0) is 30.4 Å². The first kappa shape index (κ1) is 13.1. The maximum Gasteiger partial charge on any atom is 0.227 e. The molecule has 3 nitrogen and oxygen atoms in total. The summed E-state index contributed by atoms with van der Waals surface area (Å²) in [5, 5.41) is 4.02. The topological polar surface area (TPSA) is 38.9 Å². The molecule has 104 valence electrons. The van der Waals surface area contributed by atoms with Gasteiger partial charge in [-0.25, -0.2) is 0 Å². The molecule has 1 aromatic carbocycles. The first-order valence-electron chi connectivity index (χ1n) is 7.46. The molecule has 0 bridgehead atoms. The van der Waals surface area contributed by atoms with Gasteiger partial charge in [-0.3, -0.25) is 0 Å². The summed E-state index contributed by atoms with van der Waals surface area (Å²) in [4.78, 5) is 4.45. The second-order valence-corrected chi connectivity index (χ2v) is 5.50. The summed E-state index contributed by atoms with van der Waals surface area (Å²) >= 11 is 0. The van der Waals surface area contributed by atoms with Crippen molar-refractivity contribution in [2.24, 2.45) is 5.92 Å². The zero-order chi connectivity index (χ0) is 13.6. The molecule has 0 amide bonds. The molecule has 0 unspecified atom stereocenters.